The number of benzene rings is 1. The molecular formula is C26H30N4O5. The molecule has 0 bridgehead atoms. The average molecular weight is 479 g/mol. The number of carbonyl (C=O) groups excluding carboxylic acids is 1. The summed E-state index contributed by atoms with van der Waals surface area (Å²) >= 11 is 0. The van der Waals surface area contributed by atoms with Gasteiger partial charge in [0.1, 0.15) is 17.6 Å². The Kier molecular flexibility index (Phi) is 7.04. The van der Waals surface area contributed by atoms with Gasteiger partial charge in [0.2, 0.25) is 11.8 Å². The maximum Gasteiger partial charge on any atom is 0.302 e. The van der Waals surface area contributed by atoms with Crippen LogP contribution in [0.5, 0.6) is 11.8 Å². The summed E-state index contributed by atoms with van der Waals surface area (Å²) in [5.41, 5.74) is 3.34. The van der Waals surface area contributed by atoms with Gasteiger partial charge in [-0.2, -0.15) is 4.98 Å². The van der Waals surface area contributed by atoms with E-state index in [0.29, 0.717) is 42.3 Å². The van der Waals surface area contributed by atoms with Gasteiger partial charge in [0.15, 0.2) is 0 Å². The van der Waals surface area contributed by atoms with Crippen molar-refractivity contribution in [3.05, 3.63) is 63.6 Å². The minimum atomic E-state index is -0.388. The monoisotopic (exact) mass is 478 g/mol. The van der Waals surface area contributed by atoms with Crippen LogP contribution < -0.4 is 20.3 Å². The number of hydrogen-bond donors (Lipinski definition) is 1. The van der Waals surface area contributed by atoms with Gasteiger partial charge in [-0.15, -0.1) is 0 Å². The van der Waals surface area contributed by atoms with Gasteiger partial charge in [0.25, 0.3) is 5.56 Å². The van der Waals surface area contributed by atoms with Crippen LogP contribution in [0, 0.1) is 0 Å². The van der Waals surface area contributed by atoms with Crippen molar-refractivity contribution in [2.24, 2.45) is 0 Å². The number of methoxy groups -OCH3 is 2. The van der Waals surface area contributed by atoms with Crippen molar-refractivity contribution in [3.63, 3.8) is 0 Å². The number of aryl methyl sites for hydroxylation is 1. The molecule has 3 aromatic rings. The molecule has 1 unspecified atom stereocenters. The lowest BCUT2D eigenvalue weighted by molar-refractivity contribution is -0.146. The molecule has 2 heterocycles. The zero-order chi connectivity index (χ0) is 25.1. The second kappa shape index (κ2) is 10.2. The molecule has 2 atom stereocenters. The number of anilines is 1. The number of nitrogens with zero attached hydrogens (tertiary/aromatic N) is 3. The van der Waals surface area contributed by atoms with Crippen molar-refractivity contribution in [1.82, 2.24) is 14.5 Å². The molecule has 1 N–H and O–H groups in total. The third kappa shape index (κ3) is 4.58. The van der Waals surface area contributed by atoms with Gasteiger partial charge in [-0.05, 0) is 30.5 Å². The van der Waals surface area contributed by atoms with E-state index < -0.39 is 0 Å². The first-order valence-corrected chi connectivity index (χ1v) is 11.7. The van der Waals surface area contributed by atoms with Gasteiger partial charge in [-0.3, -0.25) is 14.2 Å². The predicted octanol–water partition coefficient (Wildman–Crippen LogP) is 3.55. The molecule has 0 saturated carbocycles. The highest BCUT2D eigenvalue weighted by Gasteiger charge is 2.36. The molecule has 184 valence electrons. The maximum atomic E-state index is 13.7. The Morgan fingerprint density at radius 1 is 1.11 bits per heavy atom. The lowest BCUT2D eigenvalue weighted by Crippen LogP contribution is -2.32. The molecule has 0 radical (unpaired) electrons. The lowest BCUT2D eigenvalue weighted by atomic mass is 10.1. The average Bonchev–Trinajstić information content (AvgIpc) is 3.20. The van der Waals surface area contributed by atoms with Gasteiger partial charge in [-0.25, -0.2) is 4.98 Å². The van der Waals surface area contributed by atoms with Crippen LogP contribution in [0.1, 0.15) is 43.6 Å². The van der Waals surface area contributed by atoms with E-state index in [1.54, 1.807) is 16.7 Å². The summed E-state index contributed by atoms with van der Waals surface area (Å²) in [7, 11) is 3.01. The molecule has 0 amide bonds. The van der Waals surface area contributed by atoms with E-state index in [1.807, 2.05) is 38.1 Å². The Bertz CT molecular complexity index is 1300. The van der Waals surface area contributed by atoms with E-state index in [4.69, 9.17) is 19.2 Å². The van der Waals surface area contributed by atoms with Crippen LogP contribution in [0.3, 0.4) is 0 Å². The Labute approximate surface area is 204 Å². The van der Waals surface area contributed by atoms with Crippen molar-refractivity contribution < 1.29 is 19.0 Å². The van der Waals surface area contributed by atoms with Gasteiger partial charge in [-0.1, -0.05) is 31.2 Å². The van der Waals surface area contributed by atoms with Crippen LogP contribution in [0.4, 0.5) is 5.82 Å². The van der Waals surface area contributed by atoms with Gasteiger partial charge >= 0.3 is 5.97 Å². The number of hydrogen-bond acceptors (Lipinski definition) is 8. The zero-order valence-corrected chi connectivity index (χ0v) is 20.6. The Balaban J connectivity index is 1.83. The van der Waals surface area contributed by atoms with Gasteiger partial charge in [0.05, 0.1) is 31.5 Å². The molecule has 35 heavy (non-hydrogen) atoms. The Morgan fingerprint density at radius 2 is 1.89 bits per heavy atom. The fourth-order valence-corrected chi connectivity index (χ4v) is 4.58. The highest BCUT2D eigenvalue weighted by Crippen LogP contribution is 2.37. The van der Waals surface area contributed by atoms with Crippen molar-refractivity contribution in [2.45, 2.75) is 52.3 Å². The number of nitrogens with one attached hydrogen (secondary N) is 1. The molecular weight excluding hydrogens is 448 g/mol. The first kappa shape index (κ1) is 24.3. The molecule has 1 aromatic carbocycles. The highest BCUT2D eigenvalue weighted by atomic mass is 16.5. The normalized spacial score (nSPS) is 16.5. The van der Waals surface area contributed by atoms with Crippen LogP contribution in [0.2, 0.25) is 0 Å². The first-order chi connectivity index (χ1) is 16.9. The van der Waals surface area contributed by atoms with Crippen LogP contribution in [0.15, 0.2) is 41.2 Å². The van der Waals surface area contributed by atoms with E-state index in [-0.39, 0.29) is 35.2 Å². The van der Waals surface area contributed by atoms with E-state index in [2.05, 4.69) is 10.3 Å². The summed E-state index contributed by atoms with van der Waals surface area (Å²) in [6, 6.07) is 11.1. The summed E-state index contributed by atoms with van der Waals surface area (Å²) in [6.07, 6.45) is 0.792. The molecule has 9 heteroatoms. The largest absolute Gasteiger partial charge is 0.481 e. The van der Waals surface area contributed by atoms with Gasteiger partial charge in [0, 0.05) is 26.0 Å². The summed E-state index contributed by atoms with van der Waals surface area (Å²) in [5, 5.41) is 3.51. The maximum absolute atomic E-state index is 13.7. The quantitative estimate of drug-likeness (QED) is 0.490. The summed E-state index contributed by atoms with van der Waals surface area (Å²) in [6.45, 7) is 5.72. The molecule has 0 aliphatic heterocycles. The van der Waals surface area contributed by atoms with Crippen LogP contribution in [0.25, 0.3) is 11.3 Å². The second-order valence-electron chi connectivity index (χ2n) is 8.24. The van der Waals surface area contributed by atoms with Crippen LogP contribution >= 0.6 is 0 Å². The minimum Gasteiger partial charge on any atom is -0.481 e. The number of carbonyl (C=O) groups is 1. The van der Waals surface area contributed by atoms with Gasteiger partial charge < -0.3 is 19.5 Å². The highest BCUT2D eigenvalue weighted by molar-refractivity contribution is 5.68. The Hall–Kier alpha value is -3.88. The van der Waals surface area contributed by atoms with Crippen molar-refractivity contribution in [2.75, 3.05) is 19.5 Å². The van der Waals surface area contributed by atoms with Crippen molar-refractivity contribution in [1.29, 1.82) is 0 Å². The Morgan fingerprint density at radius 3 is 2.54 bits per heavy atom. The van der Waals surface area contributed by atoms with Crippen LogP contribution in [-0.4, -0.2) is 40.8 Å². The molecule has 2 aromatic heterocycles. The fourth-order valence-electron chi connectivity index (χ4n) is 4.58. The zero-order valence-electron chi connectivity index (χ0n) is 20.6. The second-order valence-corrected chi connectivity index (χ2v) is 8.24. The number of rotatable bonds is 8. The number of fused-ring (bicyclic) bond motifs is 1. The lowest BCUT2D eigenvalue weighted by Gasteiger charge is -2.26. The molecule has 1 aliphatic rings. The third-order valence-corrected chi connectivity index (χ3v) is 6.17. The molecule has 0 saturated heterocycles. The number of aromatic nitrogens is 3. The van der Waals surface area contributed by atoms with Crippen LogP contribution in [-0.2, 0) is 28.9 Å². The summed E-state index contributed by atoms with van der Waals surface area (Å²) < 4.78 is 17.9. The summed E-state index contributed by atoms with van der Waals surface area (Å²) in [4.78, 5) is 34.5. The van der Waals surface area contributed by atoms with E-state index >= 15 is 0 Å². The first-order valence-electron chi connectivity index (χ1n) is 11.7. The van der Waals surface area contributed by atoms with Crippen molar-refractivity contribution in [3.8, 4) is 23.0 Å². The SMILES string of the molecule is CCc1nc(-c2ccc(OC)nc2OC)c(=O)n(CC)c1NC1c2ccccc2C[C@@H]1OC(C)=O. The van der Waals surface area contributed by atoms with E-state index in [1.165, 1.54) is 21.1 Å². The summed E-state index contributed by atoms with van der Waals surface area (Å²) in [5.74, 6) is 0.916. The standard InChI is InChI=1S/C26H30N4O5/c1-6-19-24(29-22-17-11-9-8-10-16(17)14-20(22)35-15(3)31)30(7-2)26(32)23(27-19)18-12-13-21(33-4)28-25(18)34-5/h8-13,20,22,29H,6-7,14H2,1-5H3/t20-,22?/m0/s1. The topological polar surface area (TPSA) is 105 Å². The third-order valence-electron chi connectivity index (χ3n) is 6.17. The van der Waals surface area contributed by atoms with E-state index in [9.17, 15) is 9.59 Å². The molecule has 4 rings (SSSR count). The number of esters is 1. The molecule has 0 fully saturated rings. The van der Waals surface area contributed by atoms with Crippen molar-refractivity contribution >= 4 is 11.8 Å². The minimum absolute atomic E-state index is 0.254. The molecule has 1 aliphatic carbocycles. The number of ether oxygens (including phenoxy) is 3. The van der Waals surface area contributed by atoms with E-state index in [0.717, 1.165) is 11.1 Å². The predicted molar refractivity (Wildman–Crippen MR) is 132 cm³/mol. The fraction of sp³-hybridized carbons (Fsp3) is 0.385. The smallest absolute Gasteiger partial charge is 0.302 e. The molecule has 0 spiro atoms. The number of pyridine rings is 1. The molecule has 9 nitrogen and oxygen atoms in total.